The minimum atomic E-state index is -0.654. The molecule has 2 aromatic heterocycles. The molecule has 4 aromatic rings. The van der Waals surface area contributed by atoms with Crippen molar-refractivity contribution >= 4 is 41.2 Å². The lowest BCUT2D eigenvalue weighted by atomic mass is 10.0. The predicted molar refractivity (Wildman–Crippen MR) is 173 cm³/mol. The molecule has 0 spiro atoms. The summed E-state index contributed by atoms with van der Waals surface area (Å²) in [5, 5.41) is 24.5. The Morgan fingerprint density at radius 2 is 1.79 bits per heavy atom. The van der Waals surface area contributed by atoms with Crippen molar-refractivity contribution in [3.8, 4) is 17.1 Å². The predicted octanol–water partition coefficient (Wildman–Crippen LogP) is 1.88. The van der Waals surface area contributed by atoms with Gasteiger partial charge in [0, 0.05) is 61.4 Å². The summed E-state index contributed by atoms with van der Waals surface area (Å²) in [7, 11) is 0. The van der Waals surface area contributed by atoms with Crippen molar-refractivity contribution in [3.63, 3.8) is 0 Å². The highest BCUT2D eigenvalue weighted by Gasteiger charge is 2.39. The number of imide groups is 1. The number of rotatable bonds is 13. The van der Waals surface area contributed by atoms with Crippen molar-refractivity contribution in [1.82, 2.24) is 40.5 Å². The Bertz CT molecular complexity index is 1780. The molecule has 1 unspecified atom stereocenters. The van der Waals surface area contributed by atoms with Crippen LogP contribution < -0.4 is 27.0 Å². The Labute approximate surface area is 270 Å². The average Bonchev–Trinajstić information content (AvgIpc) is 3.62. The topological polar surface area (TPSA) is 202 Å². The van der Waals surface area contributed by atoms with Gasteiger partial charge in [0.25, 0.3) is 5.91 Å². The van der Waals surface area contributed by atoms with E-state index in [2.05, 4.69) is 41.5 Å². The Hall–Kier alpha value is -5.86. The van der Waals surface area contributed by atoms with Gasteiger partial charge >= 0.3 is 0 Å². The van der Waals surface area contributed by atoms with Gasteiger partial charge in [-0.25, -0.2) is 0 Å². The lowest BCUT2D eigenvalue weighted by Gasteiger charge is -2.29. The van der Waals surface area contributed by atoms with E-state index < -0.39 is 11.9 Å². The van der Waals surface area contributed by atoms with Crippen LogP contribution in [0.25, 0.3) is 17.1 Å². The molecule has 0 bridgehead atoms. The van der Waals surface area contributed by atoms with Gasteiger partial charge in [0.05, 0.1) is 5.69 Å². The number of aromatic nitrogens is 5. The summed E-state index contributed by atoms with van der Waals surface area (Å²) >= 11 is 0. The van der Waals surface area contributed by atoms with E-state index in [4.69, 9.17) is 5.73 Å². The molecule has 1 atom stereocenters. The first-order valence-electron chi connectivity index (χ1n) is 15.5. The maximum atomic E-state index is 13.0. The number of nitrogens with zero attached hydrogens (tertiary/aromatic N) is 6. The summed E-state index contributed by atoms with van der Waals surface area (Å²) in [5.41, 5.74) is 9.94. The number of hydrogen-bond donors (Lipinski definition) is 5. The number of benzene rings is 2. The zero-order valence-corrected chi connectivity index (χ0v) is 25.6. The van der Waals surface area contributed by atoms with E-state index in [1.54, 1.807) is 18.2 Å². The Morgan fingerprint density at radius 3 is 2.57 bits per heavy atom. The maximum Gasteiger partial charge on any atom is 0.255 e. The quantitative estimate of drug-likeness (QED) is 0.106. The third-order valence-corrected chi connectivity index (χ3v) is 8.03. The summed E-state index contributed by atoms with van der Waals surface area (Å²) in [4.78, 5) is 55.0. The lowest BCUT2D eigenvalue weighted by molar-refractivity contribution is -0.137. The highest BCUT2D eigenvalue weighted by atomic mass is 16.2. The number of carbonyl (C=O) groups is 4. The van der Waals surface area contributed by atoms with Crippen molar-refractivity contribution in [2.75, 3.05) is 36.0 Å². The maximum absolute atomic E-state index is 13.0. The van der Waals surface area contributed by atoms with Crippen molar-refractivity contribution in [2.24, 2.45) is 0 Å². The molecular weight excluding hydrogens is 602 g/mol. The van der Waals surface area contributed by atoms with Crippen LogP contribution in [0.5, 0.6) is 0 Å². The molecule has 15 nitrogen and oxygen atoms in total. The second-order valence-electron chi connectivity index (χ2n) is 11.2. The SMILES string of the molecule is Nc1nc(NCCNC(=O)CCCCNc2cccc3c2CN(C2CCC(=O)NC2=O)C3=O)nn1-c1ccc(-c2ccccc2)nn1. The van der Waals surface area contributed by atoms with Crippen LogP contribution >= 0.6 is 0 Å². The van der Waals surface area contributed by atoms with E-state index in [9.17, 15) is 19.2 Å². The zero-order chi connectivity index (χ0) is 32.8. The number of anilines is 3. The summed E-state index contributed by atoms with van der Waals surface area (Å²) in [6.45, 7) is 1.71. The van der Waals surface area contributed by atoms with Crippen LogP contribution in [0.15, 0.2) is 60.7 Å². The first-order chi connectivity index (χ1) is 22.9. The third-order valence-electron chi connectivity index (χ3n) is 8.03. The van der Waals surface area contributed by atoms with Gasteiger partial charge in [0.15, 0.2) is 5.82 Å². The summed E-state index contributed by atoms with van der Waals surface area (Å²) < 4.78 is 1.40. The zero-order valence-electron chi connectivity index (χ0n) is 25.6. The minimum Gasteiger partial charge on any atom is -0.385 e. The molecule has 47 heavy (non-hydrogen) atoms. The monoisotopic (exact) mass is 637 g/mol. The van der Waals surface area contributed by atoms with Crippen LogP contribution in [0.4, 0.5) is 17.6 Å². The first kappa shape index (κ1) is 31.1. The van der Waals surface area contributed by atoms with Crippen LogP contribution in [0, 0.1) is 0 Å². The van der Waals surface area contributed by atoms with Crippen molar-refractivity contribution in [2.45, 2.75) is 44.7 Å². The van der Waals surface area contributed by atoms with E-state index in [1.165, 1.54) is 9.58 Å². The van der Waals surface area contributed by atoms with E-state index >= 15 is 0 Å². The van der Waals surface area contributed by atoms with Crippen LogP contribution in [0.2, 0.25) is 0 Å². The van der Waals surface area contributed by atoms with E-state index in [0.29, 0.717) is 62.8 Å². The van der Waals surface area contributed by atoms with E-state index in [-0.39, 0.29) is 30.1 Å². The summed E-state index contributed by atoms with van der Waals surface area (Å²) in [6, 6.07) is 18.1. The van der Waals surface area contributed by atoms with Gasteiger partial charge in [-0.05, 0) is 43.5 Å². The van der Waals surface area contributed by atoms with Gasteiger partial charge in [-0.3, -0.25) is 24.5 Å². The molecule has 2 aliphatic rings. The minimum absolute atomic E-state index is 0.0651. The number of carbonyl (C=O) groups excluding carboxylic acids is 4. The van der Waals surface area contributed by atoms with Gasteiger partial charge in [0.1, 0.15) is 6.04 Å². The summed E-state index contributed by atoms with van der Waals surface area (Å²) in [5.74, 6) is -0.113. The van der Waals surface area contributed by atoms with Crippen molar-refractivity contribution in [3.05, 3.63) is 71.8 Å². The van der Waals surface area contributed by atoms with Crippen LogP contribution in [0.3, 0.4) is 0 Å². The van der Waals surface area contributed by atoms with Crippen LogP contribution in [0.1, 0.15) is 48.0 Å². The van der Waals surface area contributed by atoms with Crippen LogP contribution in [-0.4, -0.2) is 79.2 Å². The molecule has 0 saturated carbocycles. The molecule has 4 amide bonds. The van der Waals surface area contributed by atoms with Crippen LogP contribution in [-0.2, 0) is 20.9 Å². The fourth-order valence-corrected chi connectivity index (χ4v) is 5.62. The van der Waals surface area contributed by atoms with Gasteiger partial charge in [-0.15, -0.1) is 15.3 Å². The molecule has 1 saturated heterocycles. The van der Waals surface area contributed by atoms with Gasteiger partial charge in [-0.2, -0.15) is 9.67 Å². The molecule has 242 valence electrons. The molecule has 1 fully saturated rings. The number of hydrogen-bond acceptors (Lipinski definition) is 11. The molecule has 6 N–H and O–H groups in total. The molecular formula is C32H35N11O4. The van der Waals surface area contributed by atoms with Crippen molar-refractivity contribution in [1.29, 1.82) is 0 Å². The highest BCUT2D eigenvalue weighted by molar-refractivity contribution is 6.06. The first-order valence-corrected chi connectivity index (χ1v) is 15.5. The number of unbranched alkanes of at least 4 members (excludes halogenated alkanes) is 1. The van der Waals surface area contributed by atoms with Gasteiger partial charge in [-0.1, -0.05) is 36.4 Å². The molecule has 0 aliphatic carbocycles. The Morgan fingerprint density at radius 1 is 0.936 bits per heavy atom. The number of amides is 4. The molecule has 2 aromatic carbocycles. The number of fused-ring (bicyclic) bond motifs is 1. The third kappa shape index (κ3) is 7.19. The molecule has 6 rings (SSSR count). The molecule has 0 radical (unpaired) electrons. The van der Waals surface area contributed by atoms with Gasteiger partial charge in [0.2, 0.25) is 29.6 Å². The molecule has 4 heterocycles. The van der Waals surface area contributed by atoms with E-state index in [1.807, 2.05) is 42.5 Å². The number of nitrogens with one attached hydrogen (secondary N) is 4. The second kappa shape index (κ2) is 14.1. The normalized spacial score (nSPS) is 15.7. The average molecular weight is 638 g/mol. The number of nitrogen functional groups attached to an aromatic ring is 1. The Balaban J connectivity index is 0.891. The number of piperidine rings is 1. The number of nitrogens with two attached hydrogens (primary N) is 1. The fraction of sp³-hybridized carbons (Fsp3) is 0.312. The summed E-state index contributed by atoms with van der Waals surface area (Å²) in [6.07, 6.45) is 2.33. The Kier molecular flexibility index (Phi) is 9.31. The smallest absolute Gasteiger partial charge is 0.255 e. The van der Waals surface area contributed by atoms with E-state index in [0.717, 1.165) is 28.9 Å². The fourth-order valence-electron chi connectivity index (χ4n) is 5.62. The standard InChI is InChI=1S/C32H35N11O4/c33-31-38-32(41-43(31)26-14-12-23(39-40-26)20-7-2-1-3-8-20)36-18-17-35-27(44)11-4-5-16-34-24-10-6-9-21-22(24)19-42(30(21)47)25-13-15-28(45)37-29(25)46/h1-3,6-10,12,14,25,34H,4-5,11,13,15-19H2,(H,35,44)(H,37,45,46)(H3,33,36,38,41). The molecule has 2 aliphatic heterocycles. The largest absolute Gasteiger partial charge is 0.385 e. The second-order valence-corrected chi connectivity index (χ2v) is 11.2. The molecule has 15 heteroatoms. The van der Waals surface area contributed by atoms with Crippen molar-refractivity contribution < 1.29 is 19.2 Å². The van der Waals surface area contributed by atoms with Gasteiger partial charge < -0.3 is 26.6 Å². The highest BCUT2D eigenvalue weighted by Crippen LogP contribution is 2.32. The lowest BCUT2D eigenvalue weighted by Crippen LogP contribution is -2.52.